The Morgan fingerprint density at radius 2 is 2.12 bits per heavy atom. The molecule has 25 heavy (non-hydrogen) atoms. The molecule has 1 aromatic rings. The number of carbonyl (C=O) groups is 2. The average Bonchev–Trinajstić information content (AvgIpc) is 2.80. The number of halogens is 1. The van der Waals surface area contributed by atoms with Crippen molar-refractivity contribution < 1.29 is 18.7 Å². The van der Waals surface area contributed by atoms with E-state index >= 15 is 0 Å². The van der Waals surface area contributed by atoms with Crippen molar-refractivity contribution in [3.8, 4) is 5.75 Å². The molecule has 2 aliphatic rings. The van der Waals surface area contributed by atoms with Crippen LogP contribution < -0.4 is 10.1 Å². The molecule has 2 heterocycles. The normalized spacial score (nSPS) is 21.2. The summed E-state index contributed by atoms with van der Waals surface area (Å²) >= 11 is 0. The van der Waals surface area contributed by atoms with Crippen LogP contribution in [0, 0.1) is 11.7 Å². The third-order valence-electron chi connectivity index (χ3n) is 4.41. The number of rotatable bonds is 3. The number of benzene rings is 1. The molecule has 1 unspecified atom stereocenters. The van der Waals surface area contributed by atoms with E-state index < -0.39 is 23.2 Å². The van der Waals surface area contributed by atoms with Gasteiger partial charge in [-0.25, -0.2) is 9.38 Å². The molecule has 2 amide bonds. The van der Waals surface area contributed by atoms with E-state index in [1.165, 1.54) is 6.07 Å². The van der Waals surface area contributed by atoms with Crippen LogP contribution in [0.2, 0.25) is 0 Å². The molecule has 0 radical (unpaired) electrons. The Hall–Kier alpha value is -2.50. The molecule has 6 heteroatoms. The maximum Gasteiger partial charge on any atom is 0.254 e. The number of nitrogens with zero attached hydrogens (tertiary/aromatic N) is 1. The lowest BCUT2D eigenvalue weighted by atomic mass is 9.95. The molecular weight excluding hydrogens is 323 g/mol. The highest BCUT2D eigenvalue weighted by Crippen LogP contribution is 2.37. The van der Waals surface area contributed by atoms with E-state index in [4.69, 9.17) is 4.74 Å². The third kappa shape index (κ3) is 3.48. The molecule has 2 aliphatic heterocycles. The van der Waals surface area contributed by atoms with E-state index in [1.807, 2.05) is 26.8 Å². The van der Waals surface area contributed by atoms with Crippen molar-refractivity contribution in [2.45, 2.75) is 39.7 Å². The zero-order valence-electron chi connectivity index (χ0n) is 14.8. The van der Waals surface area contributed by atoms with Crippen LogP contribution >= 0.6 is 0 Å². The second-order valence-corrected chi connectivity index (χ2v) is 7.23. The maximum atomic E-state index is 14.2. The largest absolute Gasteiger partial charge is 0.484 e. The Balaban J connectivity index is 1.72. The van der Waals surface area contributed by atoms with E-state index in [0.717, 1.165) is 5.57 Å². The molecule has 0 aromatic heterocycles. The van der Waals surface area contributed by atoms with Crippen molar-refractivity contribution in [2.24, 2.45) is 10.9 Å². The van der Waals surface area contributed by atoms with Gasteiger partial charge in [-0.3, -0.25) is 9.59 Å². The number of allylic oxidation sites excluding steroid dienone is 1. The molecule has 132 valence electrons. The van der Waals surface area contributed by atoms with E-state index in [2.05, 4.69) is 10.3 Å². The summed E-state index contributed by atoms with van der Waals surface area (Å²) in [5.41, 5.74) is 1.94. The van der Waals surface area contributed by atoms with Gasteiger partial charge in [0.15, 0.2) is 11.6 Å². The summed E-state index contributed by atoms with van der Waals surface area (Å²) < 4.78 is 19.8. The van der Waals surface area contributed by atoms with Crippen LogP contribution in [-0.4, -0.2) is 29.7 Å². The number of amides is 2. The first-order valence-corrected chi connectivity index (χ1v) is 8.23. The van der Waals surface area contributed by atoms with Crippen LogP contribution in [0.3, 0.4) is 0 Å². The SMILES string of the molecule is CC1=CC(C)=NC(=O)C1CNC(=O)c1cc(F)c2c(c1)CC(C)(C)O2. The molecule has 0 fully saturated rings. The molecule has 0 spiro atoms. The van der Waals surface area contributed by atoms with Crippen molar-refractivity contribution in [1.82, 2.24) is 5.32 Å². The monoisotopic (exact) mass is 344 g/mol. The predicted octanol–water partition coefficient (Wildman–Crippen LogP) is 2.83. The van der Waals surface area contributed by atoms with Gasteiger partial charge in [0.05, 0.1) is 5.92 Å². The first-order chi connectivity index (χ1) is 11.7. The lowest BCUT2D eigenvalue weighted by molar-refractivity contribution is -0.120. The number of fused-ring (bicyclic) bond motifs is 1. The van der Waals surface area contributed by atoms with Gasteiger partial charge in [-0.1, -0.05) is 5.57 Å². The van der Waals surface area contributed by atoms with Crippen molar-refractivity contribution in [3.63, 3.8) is 0 Å². The standard InChI is InChI=1S/C19H21FN2O3/c1-10-5-11(2)22-18(24)14(10)9-21-17(23)12-6-13-8-19(3,4)25-16(13)15(20)7-12/h5-7,14H,8-9H2,1-4H3,(H,21,23). The van der Waals surface area contributed by atoms with Gasteiger partial charge in [0, 0.05) is 29.8 Å². The van der Waals surface area contributed by atoms with Crippen LogP contribution in [0.5, 0.6) is 5.75 Å². The minimum absolute atomic E-state index is 0.136. The maximum absolute atomic E-state index is 14.2. The fourth-order valence-electron chi connectivity index (χ4n) is 3.25. The number of hydrogen-bond acceptors (Lipinski definition) is 3. The van der Waals surface area contributed by atoms with Gasteiger partial charge in [0.2, 0.25) is 0 Å². The summed E-state index contributed by atoms with van der Waals surface area (Å²) in [4.78, 5) is 28.3. The molecule has 1 N–H and O–H groups in total. The van der Waals surface area contributed by atoms with E-state index in [0.29, 0.717) is 17.7 Å². The van der Waals surface area contributed by atoms with Gasteiger partial charge in [-0.05, 0) is 45.9 Å². The molecule has 1 atom stereocenters. The fourth-order valence-corrected chi connectivity index (χ4v) is 3.25. The van der Waals surface area contributed by atoms with Crippen molar-refractivity contribution in [2.75, 3.05) is 6.54 Å². The summed E-state index contributed by atoms with van der Waals surface area (Å²) in [5.74, 6) is -1.49. The number of hydrogen-bond donors (Lipinski definition) is 1. The molecule has 0 bridgehead atoms. The number of nitrogens with one attached hydrogen (secondary N) is 1. The Morgan fingerprint density at radius 3 is 2.80 bits per heavy atom. The van der Waals surface area contributed by atoms with Crippen molar-refractivity contribution in [3.05, 3.63) is 40.7 Å². The van der Waals surface area contributed by atoms with Crippen molar-refractivity contribution in [1.29, 1.82) is 0 Å². The zero-order chi connectivity index (χ0) is 18.4. The first-order valence-electron chi connectivity index (χ1n) is 8.23. The Labute approximate surface area is 146 Å². The molecule has 0 saturated heterocycles. The Kier molecular flexibility index (Phi) is 4.22. The first kappa shape index (κ1) is 17.3. The van der Waals surface area contributed by atoms with Crippen LogP contribution in [0.4, 0.5) is 4.39 Å². The molecule has 0 saturated carbocycles. The van der Waals surface area contributed by atoms with Gasteiger partial charge in [-0.15, -0.1) is 0 Å². The molecule has 1 aromatic carbocycles. The van der Waals surface area contributed by atoms with Gasteiger partial charge in [-0.2, -0.15) is 0 Å². The fraction of sp³-hybridized carbons (Fsp3) is 0.421. The van der Waals surface area contributed by atoms with Gasteiger partial charge in [0.25, 0.3) is 11.8 Å². The topological polar surface area (TPSA) is 67.8 Å². The molecule has 5 nitrogen and oxygen atoms in total. The van der Waals surface area contributed by atoms with Crippen molar-refractivity contribution >= 4 is 17.5 Å². The van der Waals surface area contributed by atoms with Gasteiger partial charge in [0.1, 0.15) is 5.60 Å². The van der Waals surface area contributed by atoms with Crippen LogP contribution in [-0.2, 0) is 11.2 Å². The number of ether oxygens (including phenoxy) is 1. The van der Waals surface area contributed by atoms with E-state index in [1.54, 1.807) is 13.0 Å². The third-order valence-corrected chi connectivity index (χ3v) is 4.41. The summed E-state index contributed by atoms with van der Waals surface area (Å²) in [7, 11) is 0. The quantitative estimate of drug-likeness (QED) is 0.917. The molecule has 0 aliphatic carbocycles. The van der Waals surface area contributed by atoms with E-state index in [-0.39, 0.29) is 23.8 Å². The summed E-state index contributed by atoms with van der Waals surface area (Å²) in [5, 5.41) is 2.71. The lowest BCUT2D eigenvalue weighted by Gasteiger charge is -2.19. The lowest BCUT2D eigenvalue weighted by Crippen LogP contribution is -2.34. The Bertz CT molecular complexity index is 824. The smallest absolute Gasteiger partial charge is 0.254 e. The minimum Gasteiger partial charge on any atom is -0.484 e. The van der Waals surface area contributed by atoms with Gasteiger partial charge >= 0.3 is 0 Å². The minimum atomic E-state index is -0.543. The number of carbonyl (C=O) groups excluding carboxylic acids is 2. The second kappa shape index (κ2) is 6.10. The summed E-state index contributed by atoms with van der Waals surface area (Å²) in [6.45, 7) is 7.48. The van der Waals surface area contributed by atoms with Crippen LogP contribution in [0.15, 0.2) is 28.8 Å². The highest BCUT2D eigenvalue weighted by molar-refractivity contribution is 6.06. The molecule has 3 rings (SSSR count). The zero-order valence-corrected chi connectivity index (χ0v) is 14.8. The highest BCUT2D eigenvalue weighted by atomic mass is 19.1. The van der Waals surface area contributed by atoms with Crippen LogP contribution in [0.25, 0.3) is 0 Å². The average molecular weight is 344 g/mol. The second-order valence-electron chi connectivity index (χ2n) is 7.23. The summed E-state index contributed by atoms with van der Waals surface area (Å²) in [6.07, 6.45) is 2.37. The highest BCUT2D eigenvalue weighted by Gasteiger charge is 2.33. The predicted molar refractivity (Wildman–Crippen MR) is 92.5 cm³/mol. The number of dihydropyridines is 1. The van der Waals surface area contributed by atoms with Gasteiger partial charge < -0.3 is 10.1 Å². The Morgan fingerprint density at radius 1 is 1.40 bits per heavy atom. The van der Waals surface area contributed by atoms with Crippen LogP contribution in [0.1, 0.15) is 43.6 Å². The van der Waals surface area contributed by atoms with E-state index in [9.17, 15) is 14.0 Å². The summed E-state index contributed by atoms with van der Waals surface area (Å²) in [6, 6.07) is 2.82. The number of aliphatic imine (C=N–C) groups is 1. The molecular formula is C19H21FN2O3.